The van der Waals surface area contributed by atoms with Crippen LogP contribution in [0.1, 0.15) is 5.56 Å². The maximum absolute atomic E-state index is 11.5. The van der Waals surface area contributed by atoms with Crippen molar-refractivity contribution in [3.05, 3.63) is 75.6 Å². The highest BCUT2D eigenvalue weighted by atomic mass is 35.5. The molecule has 1 heterocycles. The molecule has 3 aromatic rings. The second-order valence-electron chi connectivity index (χ2n) is 5.26. The fourth-order valence-corrected chi connectivity index (χ4v) is 2.26. The Labute approximate surface area is 153 Å². The van der Waals surface area contributed by atoms with Gasteiger partial charge < -0.3 is 4.74 Å². The van der Waals surface area contributed by atoms with E-state index in [9.17, 15) is 10.1 Å². The van der Waals surface area contributed by atoms with Gasteiger partial charge >= 0.3 is 11.6 Å². The third kappa shape index (κ3) is 3.98. The number of hydrazine groups is 1. The molecule has 0 aliphatic heterocycles. The second-order valence-corrected chi connectivity index (χ2v) is 5.67. The number of anilines is 2. The first-order chi connectivity index (χ1) is 12.5. The highest BCUT2D eigenvalue weighted by Crippen LogP contribution is 2.34. The quantitative estimate of drug-likeness (QED) is 0.483. The lowest BCUT2D eigenvalue weighted by atomic mass is 10.2. The number of aromatic nitrogens is 2. The minimum absolute atomic E-state index is 0.0189. The van der Waals surface area contributed by atoms with E-state index in [0.29, 0.717) is 10.8 Å². The Balaban J connectivity index is 1.88. The molecule has 0 aliphatic carbocycles. The summed E-state index contributed by atoms with van der Waals surface area (Å²) in [5.74, 6) is 0.189. The molecule has 26 heavy (non-hydrogen) atoms. The van der Waals surface area contributed by atoms with Gasteiger partial charge in [-0.15, -0.1) is 0 Å². The number of aryl methyl sites for hydroxylation is 1. The van der Waals surface area contributed by atoms with Gasteiger partial charge in [0.05, 0.1) is 10.6 Å². The number of ether oxygens (including phenoxy) is 1. The Hall–Kier alpha value is -3.39. The van der Waals surface area contributed by atoms with Gasteiger partial charge in [-0.25, -0.2) is 4.98 Å². The predicted molar refractivity (Wildman–Crippen MR) is 98.6 cm³/mol. The molecule has 0 amide bonds. The summed E-state index contributed by atoms with van der Waals surface area (Å²) < 4.78 is 5.58. The van der Waals surface area contributed by atoms with E-state index in [-0.39, 0.29) is 17.4 Å². The number of nitrogens with zero attached hydrogens (tertiary/aromatic N) is 3. The van der Waals surface area contributed by atoms with Crippen molar-refractivity contribution in [3.63, 3.8) is 0 Å². The minimum Gasteiger partial charge on any atom is -0.434 e. The third-order valence-corrected chi connectivity index (χ3v) is 3.84. The molecule has 0 atom stereocenters. The summed E-state index contributed by atoms with van der Waals surface area (Å²) in [7, 11) is 0. The van der Waals surface area contributed by atoms with E-state index in [1.165, 1.54) is 6.33 Å². The van der Waals surface area contributed by atoms with Crippen molar-refractivity contribution in [1.82, 2.24) is 9.97 Å². The molecule has 8 nitrogen and oxygen atoms in total. The normalized spacial score (nSPS) is 10.2. The lowest BCUT2D eigenvalue weighted by Crippen LogP contribution is -2.12. The van der Waals surface area contributed by atoms with E-state index in [0.717, 1.165) is 11.3 Å². The van der Waals surface area contributed by atoms with E-state index < -0.39 is 4.92 Å². The van der Waals surface area contributed by atoms with Crippen molar-refractivity contribution in [2.45, 2.75) is 6.92 Å². The van der Waals surface area contributed by atoms with Gasteiger partial charge in [-0.3, -0.25) is 21.0 Å². The molecule has 0 radical (unpaired) electrons. The fraction of sp³-hybridized carbons (Fsp3) is 0.0588. The number of halogens is 1. The Morgan fingerprint density at radius 2 is 1.88 bits per heavy atom. The molecule has 0 spiro atoms. The molecule has 132 valence electrons. The number of para-hydroxylation sites is 1. The molecule has 0 saturated heterocycles. The van der Waals surface area contributed by atoms with Crippen molar-refractivity contribution in [2.75, 3.05) is 10.9 Å². The first kappa shape index (κ1) is 17.4. The summed E-state index contributed by atoms with van der Waals surface area (Å²) in [6.07, 6.45) is 1.18. The summed E-state index contributed by atoms with van der Waals surface area (Å²) >= 11 is 5.98. The molecule has 1 aromatic heterocycles. The van der Waals surface area contributed by atoms with Crippen LogP contribution in [0.3, 0.4) is 0 Å². The van der Waals surface area contributed by atoms with Crippen LogP contribution in [0.2, 0.25) is 5.02 Å². The van der Waals surface area contributed by atoms with Crippen molar-refractivity contribution in [3.8, 4) is 11.6 Å². The van der Waals surface area contributed by atoms with Crippen molar-refractivity contribution < 1.29 is 9.66 Å². The smallest absolute Gasteiger partial charge is 0.374 e. The Morgan fingerprint density at radius 3 is 2.58 bits per heavy atom. The molecule has 3 rings (SSSR count). The molecule has 2 N–H and O–H groups in total. The average Bonchev–Trinajstić information content (AvgIpc) is 2.64. The average molecular weight is 372 g/mol. The van der Waals surface area contributed by atoms with Gasteiger partial charge in [-0.05, 0) is 42.8 Å². The van der Waals surface area contributed by atoms with Gasteiger partial charge in [-0.1, -0.05) is 29.8 Å². The van der Waals surface area contributed by atoms with Gasteiger partial charge in [0.25, 0.3) is 0 Å². The number of benzene rings is 2. The molecule has 0 fully saturated rings. The van der Waals surface area contributed by atoms with E-state index in [1.807, 2.05) is 18.2 Å². The van der Waals surface area contributed by atoms with Crippen LogP contribution in [0.5, 0.6) is 11.6 Å². The summed E-state index contributed by atoms with van der Waals surface area (Å²) in [5, 5.41) is 12.1. The summed E-state index contributed by atoms with van der Waals surface area (Å²) in [6, 6.07) is 14.0. The predicted octanol–water partition coefficient (Wildman–Crippen LogP) is 4.58. The topological polar surface area (TPSA) is 102 Å². The highest BCUT2D eigenvalue weighted by Gasteiger charge is 2.25. The molecule has 0 bridgehead atoms. The van der Waals surface area contributed by atoms with Crippen molar-refractivity contribution in [1.29, 1.82) is 0 Å². The Bertz CT molecular complexity index is 937. The van der Waals surface area contributed by atoms with Gasteiger partial charge in [0.1, 0.15) is 12.1 Å². The van der Waals surface area contributed by atoms with E-state index in [1.54, 1.807) is 37.3 Å². The maximum Gasteiger partial charge on any atom is 0.374 e. The van der Waals surface area contributed by atoms with Crippen LogP contribution in [0.4, 0.5) is 17.2 Å². The Kier molecular flexibility index (Phi) is 5.14. The second kappa shape index (κ2) is 7.66. The van der Waals surface area contributed by atoms with E-state index in [2.05, 4.69) is 20.8 Å². The summed E-state index contributed by atoms with van der Waals surface area (Å²) in [5.41, 5.74) is 6.68. The standard InChI is InChI=1S/C17H14ClN5O3/c1-11-9-13(7-8-14(11)18)26-17-15(23(24)25)16(19-10-20-17)22-21-12-5-3-2-4-6-12/h2-10,21H,1H3,(H,19,20,22). The lowest BCUT2D eigenvalue weighted by molar-refractivity contribution is -0.385. The number of nitrogens with one attached hydrogen (secondary N) is 2. The molecule has 0 unspecified atom stereocenters. The van der Waals surface area contributed by atoms with Crippen LogP contribution in [-0.2, 0) is 0 Å². The monoisotopic (exact) mass is 371 g/mol. The van der Waals surface area contributed by atoms with E-state index in [4.69, 9.17) is 16.3 Å². The zero-order valence-electron chi connectivity index (χ0n) is 13.6. The fourth-order valence-electron chi connectivity index (χ4n) is 2.14. The lowest BCUT2D eigenvalue weighted by Gasteiger charge is -2.11. The van der Waals surface area contributed by atoms with Crippen LogP contribution < -0.4 is 15.6 Å². The SMILES string of the molecule is Cc1cc(Oc2ncnc(NNc3ccccc3)c2[N+](=O)[O-])ccc1Cl. The van der Waals surface area contributed by atoms with Crippen LogP contribution >= 0.6 is 11.6 Å². The summed E-state index contributed by atoms with van der Waals surface area (Å²) in [4.78, 5) is 18.7. The van der Waals surface area contributed by atoms with Gasteiger partial charge in [0.15, 0.2) is 0 Å². The molecule has 0 aliphatic rings. The van der Waals surface area contributed by atoms with E-state index >= 15 is 0 Å². The van der Waals surface area contributed by atoms with Gasteiger partial charge in [0, 0.05) is 5.02 Å². The summed E-state index contributed by atoms with van der Waals surface area (Å²) in [6.45, 7) is 1.81. The van der Waals surface area contributed by atoms with Crippen LogP contribution in [0.15, 0.2) is 54.9 Å². The highest BCUT2D eigenvalue weighted by molar-refractivity contribution is 6.31. The first-order valence-corrected chi connectivity index (χ1v) is 7.93. The van der Waals surface area contributed by atoms with Crippen molar-refractivity contribution in [2.24, 2.45) is 0 Å². The zero-order chi connectivity index (χ0) is 18.5. The molecule has 2 aromatic carbocycles. The van der Waals surface area contributed by atoms with Crippen LogP contribution in [-0.4, -0.2) is 14.9 Å². The molecular weight excluding hydrogens is 358 g/mol. The third-order valence-electron chi connectivity index (χ3n) is 3.41. The molecular formula is C17H14ClN5O3. The van der Waals surface area contributed by atoms with Gasteiger partial charge in [-0.2, -0.15) is 4.98 Å². The molecule has 0 saturated carbocycles. The first-order valence-electron chi connectivity index (χ1n) is 7.55. The number of hydrogen-bond acceptors (Lipinski definition) is 7. The van der Waals surface area contributed by atoms with Crippen LogP contribution in [0, 0.1) is 17.0 Å². The number of hydrogen-bond donors (Lipinski definition) is 2. The van der Waals surface area contributed by atoms with Crippen molar-refractivity contribution >= 4 is 28.8 Å². The van der Waals surface area contributed by atoms with Crippen LogP contribution in [0.25, 0.3) is 0 Å². The maximum atomic E-state index is 11.5. The zero-order valence-corrected chi connectivity index (χ0v) is 14.4. The molecule has 9 heteroatoms. The Morgan fingerprint density at radius 1 is 1.12 bits per heavy atom. The van der Waals surface area contributed by atoms with Gasteiger partial charge in [0.2, 0.25) is 5.82 Å². The largest absolute Gasteiger partial charge is 0.434 e. The number of nitro groups is 1. The number of rotatable bonds is 6. The minimum atomic E-state index is -0.604.